The number of anilines is 2. The van der Waals surface area contributed by atoms with Gasteiger partial charge in [-0.15, -0.1) is 0 Å². The molecule has 1 aromatic heterocycles. The third-order valence-electron chi connectivity index (χ3n) is 4.54. The lowest BCUT2D eigenvalue weighted by atomic mass is 10.1. The van der Waals surface area contributed by atoms with Gasteiger partial charge in [0, 0.05) is 30.6 Å². The molecule has 0 radical (unpaired) electrons. The van der Waals surface area contributed by atoms with Crippen LogP contribution in [0.1, 0.15) is 12.0 Å². The second-order valence-electron chi connectivity index (χ2n) is 6.68. The first kappa shape index (κ1) is 20.2. The van der Waals surface area contributed by atoms with Gasteiger partial charge >= 0.3 is 6.03 Å². The molecule has 2 amide bonds. The summed E-state index contributed by atoms with van der Waals surface area (Å²) >= 11 is 0. The largest absolute Gasteiger partial charge is 0.454 e. The van der Waals surface area contributed by atoms with Crippen molar-refractivity contribution in [2.24, 2.45) is 0 Å². The number of halogens is 2. The van der Waals surface area contributed by atoms with Gasteiger partial charge < -0.3 is 25.4 Å². The molecule has 0 saturated heterocycles. The van der Waals surface area contributed by atoms with Crippen molar-refractivity contribution < 1.29 is 23.0 Å². The Bertz CT molecular complexity index is 1200. The summed E-state index contributed by atoms with van der Waals surface area (Å²) in [5.41, 5.74) is 0.922. The topological polar surface area (TPSA) is 108 Å². The van der Waals surface area contributed by atoms with E-state index in [0.717, 1.165) is 17.5 Å². The molecule has 0 aliphatic carbocycles. The molecule has 1 aliphatic heterocycles. The van der Waals surface area contributed by atoms with Gasteiger partial charge in [0.1, 0.15) is 23.5 Å². The second-order valence-corrected chi connectivity index (χ2v) is 6.68. The zero-order valence-electron chi connectivity index (χ0n) is 16.2. The fourth-order valence-electron chi connectivity index (χ4n) is 3.04. The fourth-order valence-corrected chi connectivity index (χ4v) is 3.04. The van der Waals surface area contributed by atoms with Crippen LogP contribution in [0.2, 0.25) is 0 Å². The molecule has 10 heteroatoms. The highest BCUT2D eigenvalue weighted by atomic mass is 19.1. The average Bonchev–Trinajstić information content (AvgIpc) is 3.20. The number of pyridine rings is 1. The Hall–Kier alpha value is -4.13. The highest BCUT2D eigenvalue weighted by Gasteiger charge is 2.16. The molecule has 0 fully saturated rings. The van der Waals surface area contributed by atoms with E-state index in [0.29, 0.717) is 47.4 Å². The Morgan fingerprint density at radius 3 is 2.71 bits per heavy atom. The lowest BCUT2D eigenvalue weighted by Crippen LogP contribution is -2.30. The molecule has 158 valence electrons. The molecule has 4 rings (SSSR count). The number of carbonyl (C=O) groups is 1. The van der Waals surface area contributed by atoms with Crippen LogP contribution in [-0.4, -0.2) is 30.9 Å². The van der Waals surface area contributed by atoms with Crippen LogP contribution in [0.5, 0.6) is 11.5 Å². The number of nitrogens with zero attached hydrogens (tertiary/aromatic N) is 2. The summed E-state index contributed by atoms with van der Waals surface area (Å²) in [6, 6.07) is 9.65. The minimum Gasteiger partial charge on any atom is -0.454 e. The van der Waals surface area contributed by atoms with Crippen LogP contribution >= 0.6 is 0 Å². The Morgan fingerprint density at radius 2 is 1.94 bits per heavy atom. The van der Waals surface area contributed by atoms with E-state index in [1.54, 1.807) is 18.2 Å². The number of nitriles is 1. The molecule has 0 atom stereocenters. The highest BCUT2D eigenvalue weighted by Crippen LogP contribution is 2.36. The van der Waals surface area contributed by atoms with Crippen LogP contribution in [0.4, 0.5) is 25.1 Å². The van der Waals surface area contributed by atoms with Gasteiger partial charge in [-0.1, -0.05) is 0 Å². The molecule has 0 saturated carbocycles. The van der Waals surface area contributed by atoms with Crippen molar-refractivity contribution in [2.75, 3.05) is 30.5 Å². The quantitative estimate of drug-likeness (QED) is 0.520. The molecule has 2 aromatic carbocycles. The fraction of sp³-hybridized carbons (Fsp3) is 0.190. The smallest absolute Gasteiger partial charge is 0.319 e. The maximum atomic E-state index is 13.6. The van der Waals surface area contributed by atoms with E-state index in [-0.39, 0.29) is 19.0 Å². The zero-order chi connectivity index (χ0) is 21.8. The van der Waals surface area contributed by atoms with E-state index in [9.17, 15) is 18.8 Å². The number of fused-ring (bicyclic) bond motifs is 2. The summed E-state index contributed by atoms with van der Waals surface area (Å²) in [4.78, 5) is 16.3. The van der Waals surface area contributed by atoms with Crippen molar-refractivity contribution in [3.63, 3.8) is 0 Å². The predicted molar refractivity (Wildman–Crippen MR) is 109 cm³/mol. The molecule has 2 heterocycles. The maximum Gasteiger partial charge on any atom is 0.319 e. The Balaban J connectivity index is 1.30. The molecule has 3 aromatic rings. The number of amides is 2. The van der Waals surface area contributed by atoms with Gasteiger partial charge in [0.15, 0.2) is 11.5 Å². The summed E-state index contributed by atoms with van der Waals surface area (Å²) in [5.74, 6) is 0.0589. The Kier molecular flexibility index (Phi) is 5.66. The first-order valence-corrected chi connectivity index (χ1v) is 9.42. The van der Waals surface area contributed by atoms with Gasteiger partial charge in [-0.05, 0) is 30.7 Å². The standard InChI is InChI=1S/C21H17F2N5O3/c22-14-2-3-16(15(23)8-14)28-21(29)26-5-1-4-25-20-13(10-24)6-12-7-18-19(31-11-30-18)9-17(12)27-20/h2-3,6-9H,1,4-5,11H2,(H,25,27)(H2,26,28,29). The molecule has 31 heavy (non-hydrogen) atoms. The third-order valence-corrected chi connectivity index (χ3v) is 4.54. The number of nitrogens with one attached hydrogen (secondary N) is 3. The van der Waals surface area contributed by atoms with Gasteiger partial charge in [-0.3, -0.25) is 0 Å². The zero-order valence-corrected chi connectivity index (χ0v) is 16.2. The summed E-state index contributed by atoms with van der Waals surface area (Å²) < 4.78 is 37.2. The number of rotatable bonds is 6. The molecule has 0 spiro atoms. The van der Waals surface area contributed by atoms with E-state index in [1.165, 1.54) is 0 Å². The number of benzene rings is 2. The molecular formula is C21H17F2N5O3. The van der Waals surface area contributed by atoms with E-state index in [1.807, 2.05) is 0 Å². The number of hydrogen-bond donors (Lipinski definition) is 3. The van der Waals surface area contributed by atoms with Crippen molar-refractivity contribution in [3.05, 3.63) is 53.6 Å². The molecule has 1 aliphatic rings. The van der Waals surface area contributed by atoms with Crippen molar-refractivity contribution in [1.29, 1.82) is 5.26 Å². The lowest BCUT2D eigenvalue weighted by Gasteiger charge is -2.11. The van der Waals surface area contributed by atoms with Crippen LogP contribution < -0.4 is 25.4 Å². The van der Waals surface area contributed by atoms with Crippen molar-refractivity contribution >= 4 is 28.4 Å². The number of ether oxygens (including phenoxy) is 2. The van der Waals surface area contributed by atoms with Gasteiger partial charge in [-0.2, -0.15) is 5.26 Å². The van der Waals surface area contributed by atoms with E-state index in [2.05, 4.69) is 27.0 Å². The Morgan fingerprint density at radius 1 is 1.13 bits per heavy atom. The monoisotopic (exact) mass is 425 g/mol. The lowest BCUT2D eigenvalue weighted by molar-refractivity contribution is 0.174. The summed E-state index contributed by atoms with van der Waals surface area (Å²) in [6.07, 6.45) is 0.519. The molecular weight excluding hydrogens is 408 g/mol. The summed E-state index contributed by atoms with van der Waals surface area (Å²) in [6.45, 7) is 0.870. The van der Waals surface area contributed by atoms with E-state index in [4.69, 9.17) is 9.47 Å². The van der Waals surface area contributed by atoms with Gasteiger partial charge in [0.25, 0.3) is 0 Å². The number of carbonyl (C=O) groups excluding carboxylic acids is 1. The maximum absolute atomic E-state index is 13.6. The van der Waals surface area contributed by atoms with Crippen LogP contribution in [0.3, 0.4) is 0 Å². The minimum atomic E-state index is -0.856. The summed E-state index contributed by atoms with van der Waals surface area (Å²) in [5, 5.41) is 18.2. The first-order valence-electron chi connectivity index (χ1n) is 9.42. The van der Waals surface area contributed by atoms with Crippen LogP contribution in [0.15, 0.2) is 36.4 Å². The van der Waals surface area contributed by atoms with Gasteiger partial charge in [-0.25, -0.2) is 18.6 Å². The van der Waals surface area contributed by atoms with Crippen molar-refractivity contribution in [1.82, 2.24) is 10.3 Å². The number of urea groups is 1. The van der Waals surface area contributed by atoms with Gasteiger partial charge in [0.05, 0.1) is 16.8 Å². The SMILES string of the molecule is N#Cc1cc2cc3c(cc2nc1NCCCNC(=O)Nc1ccc(F)cc1F)OCO3. The predicted octanol–water partition coefficient (Wildman–Crippen LogP) is 3.74. The normalized spacial score (nSPS) is 11.8. The first-order chi connectivity index (χ1) is 15.0. The van der Waals surface area contributed by atoms with Crippen LogP contribution in [0.25, 0.3) is 10.9 Å². The second kappa shape index (κ2) is 8.71. The minimum absolute atomic E-state index is 0.114. The van der Waals surface area contributed by atoms with Crippen LogP contribution in [0, 0.1) is 23.0 Å². The van der Waals surface area contributed by atoms with E-state index < -0.39 is 17.7 Å². The van der Waals surface area contributed by atoms with Crippen molar-refractivity contribution in [2.45, 2.75) is 6.42 Å². The van der Waals surface area contributed by atoms with Crippen LogP contribution in [-0.2, 0) is 0 Å². The molecule has 0 unspecified atom stereocenters. The van der Waals surface area contributed by atoms with Gasteiger partial charge in [0.2, 0.25) is 6.79 Å². The van der Waals surface area contributed by atoms with E-state index >= 15 is 0 Å². The molecule has 0 bridgehead atoms. The number of aromatic nitrogens is 1. The molecule has 8 nitrogen and oxygen atoms in total. The summed E-state index contributed by atoms with van der Waals surface area (Å²) in [7, 11) is 0. The number of hydrogen-bond acceptors (Lipinski definition) is 6. The average molecular weight is 425 g/mol. The van der Waals surface area contributed by atoms with Crippen molar-refractivity contribution in [3.8, 4) is 17.6 Å². The Labute approximate surface area is 175 Å². The molecule has 3 N–H and O–H groups in total. The third kappa shape index (κ3) is 4.56. The highest BCUT2D eigenvalue weighted by molar-refractivity contribution is 5.89.